The molecule has 0 N–H and O–H groups in total. The Labute approximate surface area is 292 Å². The van der Waals surface area contributed by atoms with Crippen LogP contribution in [0, 0.1) is 18.3 Å². The molecule has 2 atom stereocenters. The van der Waals surface area contributed by atoms with Crippen molar-refractivity contribution in [2.45, 2.75) is 57.8 Å². The van der Waals surface area contributed by atoms with E-state index in [9.17, 15) is 10.1 Å². The van der Waals surface area contributed by atoms with E-state index in [2.05, 4.69) is 45.8 Å². The number of likely N-dealkylation sites (tertiary alicyclic amines) is 1. The minimum Gasteiger partial charge on any atom is -0.462 e. The largest absolute Gasteiger partial charge is 0.462 e. The summed E-state index contributed by atoms with van der Waals surface area (Å²) < 4.78 is 12.0. The molecule has 0 saturated carbocycles. The lowest BCUT2D eigenvalue weighted by atomic mass is 10.0. The van der Waals surface area contributed by atoms with Gasteiger partial charge in [-0.15, -0.1) is 0 Å². The molecule has 4 aromatic rings. The SMILES string of the molecule is Cc1cccc2c(Cl)ncc(N3CCc4c(nc(OC[C@@H]5CCCN5C)nc4N4CCN(C(=O)OCc5ccccc5)[C@@H](CC#N)C4)C3)c12. The molecule has 2 fully saturated rings. The van der Waals surface area contributed by atoms with Crippen molar-refractivity contribution in [3.63, 3.8) is 0 Å². The molecule has 5 heterocycles. The van der Waals surface area contributed by atoms with Crippen LogP contribution < -0.4 is 14.5 Å². The molecule has 3 aliphatic heterocycles. The highest BCUT2D eigenvalue weighted by Gasteiger charge is 2.35. The number of rotatable bonds is 8. The van der Waals surface area contributed by atoms with E-state index in [0.717, 1.165) is 70.6 Å². The molecule has 0 aliphatic carbocycles. The fourth-order valence-corrected chi connectivity index (χ4v) is 7.53. The maximum absolute atomic E-state index is 13.2. The van der Waals surface area contributed by atoms with E-state index in [1.807, 2.05) is 48.7 Å². The predicted molar refractivity (Wildman–Crippen MR) is 189 cm³/mol. The number of ether oxygens (including phenoxy) is 2. The van der Waals surface area contributed by atoms with Gasteiger partial charge in [-0.05, 0) is 50.9 Å². The standard InChI is InChI=1S/C37H41ClN8O3/c1-25-8-6-12-30-33(25)32(20-40-34(30)38)44-17-14-29-31(22-44)41-36(48-24-28-11-7-16-43(28)2)42-35(29)45-18-19-46(27(21-45)13-15-39)37(47)49-23-26-9-4-3-5-10-26/h3-6,8-10,12,20,27-28H,7,11,13-14,16-19,21-24H2,1-2H3/t27-,28-/m0/s1. The van der Waals surface area contributed by atoms with Crippen molar-refractivity contribution in [1.29, 1.82) is 5.26 Å². The summed E-state index contributed by atoms with van der Waals surface area (Å²) in [5.41, 5.74) is 5.06. The van der Waals surface area contributed by atoms with Gasteiger partial charge in [0.05, 0.1) is 42.7 Å². The fraction of sp³-hybridized carbons (Fsp3) is 0.432. The fourth-order valence-electron chi connectivity index (χ4n) is 7.32. The highest BCUT2D eigenvalue weighted by atomic mass is 35.5. The van der Waals surface area contributed by atoms with Crippen molar-refractivity contribution in [2.75, 3.05) is 56.2 Å². The lowest BCUT2D eigenvalue weighted by Crippen LogP contribution is -2.55. The molecule has 7 rings (SSSR count). The molecule has 1 amide bonds. The van der Waals surface area contributed by atoms with E-state index >= 15 is 0 Å². The smallest absolute Gasteiger partial charge is 0.410 e. The van der Waals surface area contributed by atoms with Crippen LogP contribution in [0.3, 0.4) is 0 Å². The third-order valence-electron chi connectivity index (χ3n) is 10.0. The number of aryl methyl sites for hydroxylation is 1. The van der Waals surface area contributed by atoms with Gasteiger partial charge in [0.25, 0.3) is 0 Å². The minimum absolute atomic E-state index is 0.184. The average molecular weight is 681 g/mol. The first-order valence-electron chi connectivity index (χ1n) is 17.0. The average Bonchev–Trinajstić information content (AvgIpc) is 3.54. The summed E-state index contributed by atoms with van der Waals surface area (Å²) >= 11 is 6.53. The van der Waals surface area contributed by atoms with Gasteiger partial charge >= 0.3 is 12.1 Å². The number of carbonyl (C=O) groups excluding carboxylic acids is 1. The molecule has 11 nitrogen and oxygen atoms in total. The number of carbonyl (C=O) groups is 1. The van der Waals surface area contributed by atoms with E-state index in [1.54, 1.807) is 4.90 Å². The molecular formula is C37H41ClN8O3. The second kappa shape index (κ2) is 14.4. The predicted octanol–water partition coefficient (Wildman–Crippen LogP) is 5.76. The number of aromatic nitrogens is 3. The normalized spacial score (nSPS) is 19.5. The number of pyridine rings is 1. The van der Waals surface area contributed by atoms with Gasteiger partial charge in [0.15, 0.2) is 0 Å². The van der Waals surface area contributed by atoms with E-state index in [-0.39, 0.29) is 19.1 Å². The van der Waals surface area contributed by atoms with E-state index in [1.165, 1.54) is 0 Å². The molecule has 12 heteroatoms. The Bertz CT molecular complexity index is 1870. The number of hydrogen-bond donors (Lipinski definition) is 0. The maximum atomic E-state index is 13.2. The summed E-state index contributed by atoms with van der Waals surface area (Å²) in [6.45, 7) is 6.58. The number of amides is 1. The third kappa shape index (κ3) is 6.94. The summed E-state index contributed by atoms with van der Waals surface area (Å²) in [7, 11) is 2.13. The van der Waals surface area contributed by atoms with E-state index < -0.39 is 6.09 Å². The maximum Gasteiger partial charge on any atom is 0.410 e. The first-order valence-corrected chi connectivity index (χ1v) is 17.4. The van der Waals surface area contributed by atoms with Gasteiger partial charge in [0, 0.05) is 48.6 Å². The molecule has 49 heavy (non-hydrogen) atoms. The molecule has 0 unspecified atom stereocenters. The van der Waals surface area contributed by atoms with Crippen molar-refractivity contribution in [3.05, 3.63) is 82.3 Å². The van der Waals surface area contributed by atoms with Crippen LogP contribution in [-0.2, 0) is 24.3 Å². The number of nitrogens with zero attached hydrogens (tertiary/aromatic N) is 8. The van der Waals surface area contributed by atoms with Crippen molar-refractivity contribution in [3.8, 4) is 12.1 Å². The van der Waals surface area contributed by atoms with E-state index in [4.69, 9.17) is 31.0 Å². The Morgan fingerprint density at radius 3 is 2.69 bits per heavy atom. The highest BCUT2D eigenvalue weighted by Crippen LogP contribution is 2.37. The number of piperazine rings is 1. The van der Waals surface area contributed by atoms with Crippen LogP contribution in [0.5, 0.6) is 6.01 Å². The number of nitriles is 1. The lowest BCUT2D eigenvalue weighted by Gasteiger charge is -2.42. The Morgan fingerprint density at radius 1 is 1.04 bits per heavy atom. The third-order valence-corrected chi connectivity index (χ3v) is 10.3. The monoisotopic (exact) mass is 680 g/mol. The summed E-state index contributed by atoms with van der Waals surface area (Å²) in [6, 6.07) is 18.3. The van der Waals surface area contributed by atoms with Gasteiger partial charge in [-0.2, -0.15) is 15.2 Å². The number of fused-ring (bicyclic) bond motifs is 2. The van der Waals surface area contributed by atoms with Crippen LogP contribution in [0.1, 0.15) is 41.6 Å². The van der Waals surface area contributed by atoms with Crippen LogP contribution in [-0.4, -0.2) is 89.3 Å². The van der Waals surface area contributed by atoms with Crippen LogP contribution in [0.2, 0.25) is 5.15 Å². The van der Waals surface area contributed by atoms with Crippen LogP contribution in [0.15, 0.2) is 54.7 Å². The Morgan fingerprint density at radius 2 is 1.90 bits per heavy atom. The van der Waals surface area contributed by atoms with Gasteiger partial charge in [-0.25, -0.2) is 9.78 Å². The highest BCUT2D eigenvalue weighted by molar-refractivity contribution is 6.34. The molecule has 0 bridgehead atoms. The van der Waals surface area contributed by atoms with Gasteiger partial charge in [-0.3, -0.25) is 0 Å². The van der Waals surface area contributed by atoms with Gasteiger partial charge in [-0.1, -0.05) is 60.1 Å². The molecule has 2 saturated heterocycles. The summed E-state index contributed by atoms with van der Waals surface area (Å²) in [5.74, 6) is 0.815. The van der Waals surface area contributed by atoms with Gasteiger partial charge < -0.3 is 29.1 Å². The number of halogens is 1. The molecule has 254 valence electrons. The topological polar surface area (TPSA) is 111 Å². The zero-order chi connectivity index (χ0) is 33.9. The summed E-state index contributed by atoms with van der Waals surface area (Å²) in [6.07, 6.45) is 4.58. The van der Waals surface area contributed by atoms with Gasteiger partial charge in [0.2, 0.25) is 0 Å². The number of benzene rings is 2. The van der Waals surface area contributed by atoms with Crippen LogP contribution in [0.4, 0.5) is 16.3 Å². The Kier molecular flexibility index (Phi) is 9.69. The van der Waals surface area contributed by atoms with Crippen LogP contribution in [0.25, 0.3) is 10.8 Å². The summed E-state index contributed by atoms with van der Waals surface area (Å²) in [4.78, 5) is 36.3. The molecule has 0 radical (unpaired) electrons. The van der Waals surface area contributed by atoms with Crippen molar-refractivity contribution in [1.82, 2.24) is 24.8 Å². The van der Waals surface area contributed by atoms with Crippen molar-refractivity contribution < 1.29 is 14.3 Å². The zero-order valence-electron chi connectivity index (χ0n) is 28.0. The van der Waals surface area contributed by atoms with Crippen LogP contribution >= 0.6 is 11.6 Å². The minimum atomic E-state index is -0.409. The number of likely N-dealkylation sites (N-methyl/N-ethyl adjacent to an activating group) is 1. The molecule has 2 aromatic carbocycles. The first kappa shape index (κ1) is 32.9. The quantitative estimate of drug-likeness (QED) is 0.213. The Hall–Kier alpha value is -4.66. The lowest BCUT2D eigenvalue weighted by molar-refractivity contribution is 0.0767. The number of anilines is 2. The second-order valence-electron chi connectivity index (χ2n) is 13.1. The summed E-state index contributed by atoms with van der Waals surface area (Å²) in [5, 5.41) is 12.3. The molecule has 0 spiro atoms. The molecule has 3 aliphatic rings. The molecular weight excluding hydrogens is 640 g/mol. The van der Waals surface area contributed by atoms with Gasteiger partial charge in [0.1, 0.15) is 24.2 Å². The van der Waals surface area contributed by atoms with Crippen molar-refractivity contribution >= 4 is 40.0 Å². The van der Waals surface area contributed by atoms with E-state index in [0.29, 0.717) is 56.4 Å². The van der Waals surface area contributed by atoms with Crippen molar-refractivity contribution in [2.24, 2.45) is 0 Å². The second-order valence-corrected chi connectivity index (χ2v) is 13.5. The number of hydrogen-bond acceptors (Lipinski definition) is 10. The Balaban J connectivity index is 1.17. The molecule has 2 aromatic heterocycles. The first-order chi connectivity index (χ1) is 23.9. The zero-order valence-corrected chi connectivity index (χ0v) is 28.8.